The van der Waals surface area contributed by atoms with Gasteiger partial charge in [0.1, 0.15) is 5.75 Å². The van der Waals surface area contributed by atoms with Crippen LogP contribution in [0, 0.1) is 0 Å². The molecule has 128 valence electrons. The average molecular weight is 335 g/mol. The molecule has 1 amide bonds. The van der Waals surface area contributed by atoms with Crippen LogP contribution in [-0.2, 0) is 7.05 Å². The third-order valence-electron chi connectivity index (χ3n) is 4.13. The van der Waals surface area contributed by atoms with Gasteiger partial charge in [-0.3, -0.25) is 9.48 Å². The van der Waals surface area contributed by atoms with Crippen molar-refractivity contribution in [2.24, 2.45) is 7.05 Å². The third-order valence-corrected chi connectivity index (χ3v) is 4.13. The van der Waals surface area contributed by atoms with E-state index in [0.29, 0.717) is 5.69 Å². The lowest BCUT2D eigenvalue weighted by Gasteiger charge is -2.13. The summed E-state index contributed by atoms with van der Waals surface area (Å²) in [5, 5.41) is 7.34. The molecule has 1 atom stereocenters. The molecule has 0 saturated carbocycles. The molecule has 2 aromatic carbocycles. The second kappa shape index (κ2) is 7.21. The zero-order valence-electron chi connectivity index (χ0n) is 14.6. The molecule has 0 fully saturated rings. The van der Waals surface area contributed by atoms with E-state index in [2.05, 4.69) is 10.4 Å². The van der Waals surface area contributed by atoms with E-state index in [1.165, 1.54) is 0 Å². The van der Waals surface area contributed by atoms with E-state index in [9.17, 15) is 4.79 Å². The highest BCUT2D eigenvalue weighted by Crippen LogP contribution is 2.24. The van der Waals surface area contributed by atoms with Crippen molar-refractivity contribution in [1.82, 2.24) is 15.1 Å². The van der Waals surface area contributed by atoms with Crippen LogP contribution in [0.4, 0.5) is 0 Å². The summed E-state index contributed by atoms with van der Waals surface area (Å²) in [7, 11) is 3.46. The maximum absolute atomic E-state index is 12.5. The largest absolute Gasteiger partial charge is 0.497 e. The molecule has 0 spiro atoms. The Morgan fingerprint density at radius 1 is 1.12 bits per heavy atom. The third kappa shape index (κ3) is 3.71. The Morgan fingerprint density at radius 2 is 1.88 bits per heavy atom. The van der Waals surface area contributed by atoms with E-state index in [4.69, 9.17) is 4.74 Å². The highest BCUT2D eigenvalue weighted by atomic mass is 16.5. The number of aromatic nitrogens is 2. The van der Waals surface area contributed by atoms with Gasteiger partial charge in [0.2, 0.25) is 0 Å². The Bertz CT molecular complexity index is 872. The molecule has 0 aliphatic rings. The van der Waals surface area contributed by atoms with E-state index in [1.54, 1.807) is 17.9 Å². The Morgan fingerprint density at radius 3 is 2.60 bits per heavy atom. The van der Waals surface area contributed by atoms with Crippen molar-refractivity contribution in [2.75, 3.05) is 7.11 Å². The van der Waals surface area contributed by atoms with Gasteiger partial charge in [0.25, 0.3) is 5.91 Å². The molecule has 0 saturated heterocycles. The number of carbonyl (C=O) groups excluding carboxylic acids is 1. The number of benzene rings is 2. The number of carbonyl (C=O) groups is 1. The van der Waals surface area contributed by atoms with Crippen molar-refractivity contribution in [3.63, 3.8) is 0 Å². The molecule has 1 unspecified atom stereocenters. The molecule has 3 rings (SSSR count). The average Bonchev–Trinajstić information content (AvgIpc) is 3.04. The predicted octanol–water partition coefficient (Wildman–Crippen LogP) is 3.59. The molecule has 0 aliphatic heterocycles. The second-order valence-corrected chi connectivity index (χ2v) is 5.88. The van der Waals surface area contributed by atoms with Crippen LogP contribution < -0.4 is 10.1 Å². The van der Waals surface area contributed by atoms with E-state index in [0.717, 1.165) is 22.6 Å². The van der Waals surface area contributed by atoms with Gasteiger partial charge in [-0.05, 0) is 30.7 Å². The summed E-state index contributed by atoms with van der Waals surface area (Å²) in [5.74, 6) is 0.573. The summed E-state index contributed by atoms with van der Waals surface area (Å²) in [6.07, 6.45) is 0. The van der Waals surface area contributed by atoms with Gasteiger partial charge in [0.05, 0.1) is 18.8 Å². The number of aryl methyl sites for hydroxylation is 1. The van der Waals surface area contributed by atoms with Gasteiger partial charge in [-0.2, -0.15) is 5.10 Å². The second-order valence-electron chi connectivity index (χ2n) is 5.88. The lowest BCUT2D eigenvalue weighted by atomic mass is 10.1. The van der Waals surface area contributed by atoms with Crippen LogP contribution in [0.15, 0.2) is 60.7 Å². The summed E-state index contributed by atoms with van der Waals surface area (Å²) in [4.78, 5) is 12.5. The van der Waals surface area contributed by atoms with Gasteiger partial charge >= 0.3 is 0 Å². The zero-order chi connectivity index (χ0) is 17.8. The first-order valence-electron chi connectivity index (χ1n) is 8.13. The van der Waals surface area contributed by atoms with E-state index in [1.807, 2.05) is 68.6 Å². The van der Waals surface area contributed by atoms with Crippen LogP contribution in [0.25, 0.3) is 11.3 Å². The molecule has 0 aliphatic carbocycles. The highest BCUT2D eigenvalue weighted by molar-refractivity contribution is 5.93. The van der Waals surface area contributed by atoms with Crippen LogP contribution in [0.1, 0.15) is 29.0 Å². The van der Waals surface area contributed by atoms with Crippen LogP contribution in [-0.4, -0.2) is 22.8 Å². The normalized spacial score (nSPS) is 11.8. The number of rotatable bonds is 5. The quantitative estimate of drug-likeness (QED) is 0.775. The molecule has 1 aromatic heterocycles. The first kappa shape index (κ1) is 16.8. The minimum absolute atomic E-state index is 0.0871. The lowest BCUT2D eigenvalue weighted by molar-refractivity contribution is 0.0934. The number of ether oxygens (including phenoxy) is 1. The Balaban J connectivity index is 1.80. The van der Waals surface area contributed by atoms with Gasteiger partial charge in [-0.15, -0.1) is 0 Å². The summed E-state index contributed by atoms with van der Waals surface area (Å²) >= 11 is 0. The summed E-state index contributed by atoms with van der Waals surface area (Å²) < 4.78 is 6.97. The maximum Gasteiger partial charge on any atom is 0.272 e. The Kier molecular flexibility index (Phi) is 4.84. The monoisotopic (exact) mass is 335 g/mol. The Hall–Kier alpha value is -3.08. The standard InChI is InChI=1S/C20H21N3O2/c1-14(15-8-5-4-6-9-15)21-20(24)18-13-19(23(2)22-18)16-10-7-11-17(12-16)25-3/h4-14H,1-3H3,(H,21,24). The van der Waals surface area contributed by atoms with Crippen molar-refractivity contribution in [2.45, 2.75) is 13.0 Å². The van der Waals surface area contributed by atoms with Crippen molar-refractivity contribution in [3.05, 3.63) is 71.9 Å². The molecule has 1 N–H and O–H groups in total. The summed E-state index contributed by atoms with van der Waals surface area (Å²) in [6.45, 7) is 1.96. The molecule has 1 heterocycles. The van der Waals surface area contributed by atoms with Gasteiger partial charge < -0.3 is 10.1 Å². The minimum atomic E-state index is -0.193. The van der Waals surface area contributed by atoms with E-state index < -0.39 is 0 Å². The van der Waals surface area contributed by atoms with Crippen molar-refractivity contribution in [1.29, 1.82) is 0 Å². The molecular weight excluding hydrogens is 314 g/mol. The number of methoxy groups -OCH3 is 1. The zero-order valence-corrected chi connectivity index (χ0v) is 14.6. The van der Waals surface area contributed by atoms with Crippen LogP contribution in [0.5, 0.6) is 5.75 Å². The number of hydrogen-bond acceptors (Lipinski definition) is 3. The number of amides is 1. The smallest absolute Gasteiger partial charge is 0.272 e. The van der Waals surface area contributed by atoms with Crippen LogP contribution in [0.3, 0.4) is 0 Å². The maximum atomic E-state index is 12.5. The van der Waals surface area contributed by atoms with E-state index in [-0.39, 0.29) is 11.9 Å². The fraction of sp³-hybridized carbons (Fsp3) is 0.200. The van der Waals surface area contributed by atoms with Gasteiger partial charge in [0, 0.05) is 12.6 Å². The predicted molar refractivity (Wildman–Crippen MR) is 97.5 cm³/mol. The van der Waals surface area contributed by atoms with Crippen LogP contribution in [0.2, 0.25) is 0 Å². The van der Waals surface area contributed by atoms with Crippen LogP contribution >= 0.6 is 0 Å². The lowest BCUT2D eigenvalue weighted by Crippen LogP contribution is -2.27. The van der Waals surface area contributed by atoms with Crippen molar-refractivity contribution >= 4 is 5.91 Å². The Labute approximate surface area is 147 Å². The molecule has 0 radical (unpaired) electrons. The van der Waals surface area contributed by atoms with Crippen molar-refractivity contribution < 1.29 is 9.53 Å². The minimum Gasteiger partial charge on any atom is -0.497 e. The molecule has 5 nitrogen and oxygen atoms in total. The first-order chi connectivity index (χ1) is 12.1. The summed E-state index contributed by atoms with van der Waals surface area (Å²) in [5.41, 5.74) is 3.25. The number of nitrogens with one attached hydrogen (secondary N) is 1. The summed E-state index contributed by atoms with van der Waals surface area (Å²) in [6, 6.07) is 19.2. The molecule has 0 bridgehead atoms. The topological polar surface area (TPSA) is 56.1 Å². The van der Waals surface area contributed by atoms with Gasteiger partial charge in [0.15, 0.2) is 5.69 Å². The van der Waals surface area contributed by atoms with Gasteiger partial charge in [-0.25, -0.2) is 0 Å². The fourth-order valence-corrected chi connectivity index (χ4v) is 2.73. The highest BCUT2D eigenvalue weighted by Gasteiger charge is 2.16. The molecule has 5 heteroatoms. The van der Waals surface area contributed by atoms with E-state index >= 15 is 0 Å². The molecule has 3 aromatic rings. The fourth-order valence-electron chi connectivity index (χ4n) is 2.73. The molecular formula is C20H21N3O2. The first-order valence-corrected chi connectivity index (χ1v) is 8.13. The number of hydrogen-bond donors (Lipinski definition) is 1. The van der Waals surface area contributed by atoms with Gasteiger partial charge in [-0.1, -0.05) is 42.5 Å². The SMILES string of the molecule is COc1cccc(-c2cc(C(=O)NC(C)c3ccccc3)nn2C)c1. The number of nitrogens with zero attached hydrogens (tertiary/aromatic N) is 2. The molecule has 25 heavy (non-hydrogen) atoms. The van der Waals surface area contributed by atoms with Crippen molar-refractivity contribution in [3.8, 4) is 17.0 Å².